The average Bonchev–Trinajstić information content (AvgIpc) is 3.07. The minimum atomic E-state index is -4.39. The first-order valence-electron chi connectivity index (χ1n) is 20.0. The van der Waals surface area contributed by atoms with E-state index in [0.29, 0.717) is 6.42 Å². The van der Waals surface area contributed by atoms with Gasteiger partial charge in [-0.15, -0.1) is 0 Å². The van der Waals surface area contributed by atoms with Crippen molar-refractivity contribution >= 4 is 13.7 Å². The van der Waals surface area contributed by atoms with Crippen LogP contribution in [0, 0.1) is 0 Å². The van der Waals surface area contributed by atoms with Crippen LogP contribution in [-0.2, 0) is 18.4 Å². The second kappa shape index (κ2) is 35.3. The second-order valence-corrected chi connectivity index (χ2v) is 15.1. The third-order valence-electron chi connectivity index (χ3n) is 8.83. The zero-order valence-electron chi connectivity index (χ0n) is 31.5. The van der Waals surface area contributed by atoms with Crippen LogP contribution in [0.1, 0.15) is 181 Å². The van der Waals surface area contributed by atoms with E-state index in [2.05, 4.69) is 31.3 Å². The van der Waals surface area contributed by atoms with Gasteiger partial charge in [-0.2, -0.15) is 0 Å². The van der Waals surface area contributed by atoms with Gasteiger partial charge in [0.15, 0.2) is 0 Å². The molecule has 0 aliphatic carbocycles. The van der Waals surface area contributed by atoms with Crippen LogP contribution in [0.3, 0.4) is 0 Å². The van der Waals surface area contributed by atoms with E-state index in [0.717, 1.165) is 51.4 Å². The number of aliphatic hydroxyl groups is 2. The van der Waals surface area contributed by atoms with E-state index >= 15 is 0 Å². The maximum Gasteiger partial charge on any atom is 0.472 e. The molecule has 6 N–H and O–H groups in total. The number of carbonyl (C=O) groups is 1. The number of amides is 1. The molecule has 0 aromatic rings. The van der Waals surface area contributed by atoms with Crippen LogP contribution in [0.15, 0.2) is 24.3 Å². The van der Waals surface area contributed by atoms with Crippen molar-refractivity contribution in [1.82, 2.24) is 5.32 Å². The summed E-state index contributed by atoms with van der Waals surface area (Å²) < 4.78 is 22.0. The first-order chi connectivity index (χ1) is 23.8. The topological polar surface area (TPSA) is 151 Å². The lowest BCUT2D eigenvalue weighted by Crippen LogP contribution is -2.46. The first kappa shape index (κ1) is 47.9. The Kier molecular flexibility index (Phi) is 34.6. The molecule has 49 heavy (non-hydrogen) atoms. The van der Waals surface area contributed by atoms with Gasteiger partial charge in [-0.3, -0.25) is 13.8 Å². The molecule has 290 valence electrons. The Morgan fingerprint density at radius 1 is 0.694 bits per heavy atom. The summed E-state index contributed by atoms with van der Waals surface area (Å²) in [5.41, 5.74) is 5.34. The summed E-state index contributed by atoms with van der Waals surface area (Å²) in [4.78, 5) is 22.6. The molecule has 9 nitrogen and oxygen atoms in total. The molecule has 0 fully saturated rings. The van der Waals surface area contributed by atoms with E-state index in [1.54, 1.807) is 6.08 Å². The Labute approximate surface area is 300 Å². The number of phosphoric ester groups is 1. The number of allylic oxidation sites excluding steroid dienone is 3. The van der Waals surface area contributed by atoms with Gasteiger partial charge < -0.3 is 26.2 Å². The molecule has 0 saturated heterocycles. The van der Waals surface area contributed by atoms with E-state index in [9.17, 15) is 24.5 Å². The number of unbranched alkanes of at least 4 members (excludes halogenated alkanes) is 21. The minimum Gasteiger partial charge on any atom is -0.393 e. The van der Waals surface area contributed by atoms with Gasteiger partial charge in [0.2, 0.25) is 5.91 Å². The van der Waals surface area contributed by atoms with Crippen molar-refractivity contribution in [1.29, 1.82) is 0 Å². The van der Waals surface area contributed by atoms with E-state index in [1.807, 2.05) is 6.08 Å². The van der Waals surface area contributed by atoms with E-state index in [-0.39, 0.29) is 19.6 Å². The van der Waals surface area contributed by atoms with Crippen molar-refractivity contribution in [2.45, 2.75) is 199 Å². The summed E-state index contributed by atoms with van der Waals surface area (Å²) in [6, 6.07) is -0.983. The molecular formula is C39H77N2O7P. The molecule has 0 aromatic carbocycles. The normalized spacial score (nSPS) is 15.1. The van der Waals surface area contributed by atoms with Crippen LogP contribution in [0.2, 0.25) is 0 Å². The summed E-state index contributed by atoms with van der Waals surface area (Å²) in [5, 5.41) is 23.9. The lowest BCUT2D eigenvalue weighted by molar-refractivity contribution is -0.124. The number of nitrogens with two attached hydrogens (primary N) is 1. The minimum absolute atomic E-state index is 0.0480. The van der Waals surface area contributed by atoms with Crippen LogP contribution in [-0.4, -0.2) is 59.0 Å². The van der Waals surface area contributed by atoms with E-state index in [1.165, 1.54) is 103 Å². The lowest BCUT2D eigenvalue weighted by atomic mass is 10.0. The predicted molar refractivity (Wildman–Crippen MR) is 204 cm³/mol. The number of hydrogen-bond acceptors (Lipinski definition) is 7. The molecule has 0 aliphatic rings. The van der Waals surface area contributed by atoms with Gasteiger partial charge in [-0.05, 0) is 38.5 Å². The zero-order chi connectivity index (χ0) is 36.3. The molecule has 10 heteroatoms. The molecule has 4 unspecified atom stereocenters. The smallest absolute Gasteiger partial charge is 0.393 e. The molecular weight excluding hydrogens is 639 g/mol. The first-order valence-corrected chi connectivity index (χ1v) is 21.5. The maximum atomic E-state index is 12.7. The van der Waals surface area contributed by atoms with Gasteiger partial charge in [0.1, 0.15) is 0 Å². The Balaban J connectivity index is 4.36. The van der Waals surface area contributed by atoms with Crippen molar-refractivity contribution in [3.63, 3.8) is 0 Å². The number of phosphoric acid groups is 1. The second-order valence-electron chi connectivity index (χ2n) is 13.7. The summed E-state index contributed by atoms with van der Waals surface area (Å²) >= 11 is 0. The molecule has 0 aromatic heterocycles. The summed E-state index contributed by atoms with van der Waals surface area (Å²) in [6.07, 6.45) is 35.6. The van der Waals surface area contributed by atoms with Crippen molar-refractivity contribution in [2.75, 3.05) is 19.8 Å². The number of nitrogens with one attached hydrogen (secondary N) is 1. The molecule has 0 heterocycles. The molecule has 0 rings (SSSR count). The average molecular weight is 717 g/mol. The highest BCUT2D eigenvalue weighted by Crippen LogP contribution is 2.43. The van der Waals surface area contributed by atoms with Gasteiger partial charge in [0.25, 0.3) is 0 Å². The highest BCUT2D eigenvalue weighted by molar-refractivity contribution is 7.47. The fraction of sp³-hybridized carbons (Fsp3) is 0.872. The fourth-order valence-corrected chi connectivity index (χ4v) is 6.50. The fourth-order valence-electron chi connectivity index (χ4n) is 5.74. The van der Waals surface area contributed by atoms with Crippen LogP contribution in [0.5, 0.6) is 0 Å². The van der Waals surface area contributed by atoms with Crippen LogP contribution in [0.4, 0.5) is 0 Å². The van der Waals surface area contributed by atoms with Gasteiger partial charge in [0.05, 0.1) is 37.9 Å². The van der Waals surface area contributed by atoms with Crippen molar-refractivity contribution in [2.24, 2.45) is 5.73 Å². The number of rotatable bonds is 37. The molecule has 4 atom stereocenters. The van der Waals surface area contributed by atoms with Gasteiger partial charge in [-0.1, -0.05) is 160 Å². The van der Waals surface area contributed by atoms with Crippen molar-refractivity contribution in [3.05, 3.63) is 24.3 Å². The third kappa shape index (κ3) is 33.8. The molecule has 0 saturated carbocycles. The maximum absolute atomic E-state index is 12.7. The number of hydrogen-bond donors (Lipinski definition) is 5. The number of aliphatic hydroxyl groups excluding tert-OH is 2. The van der Waals surface area contributed by atoms with Gasteiger partial charge in [-0.25, -0.2) is 4.57 Å². The largest absolute Gasteiger partial charge is 0.472 e. The van der Waals surface area contributed by atoms with Gasteiger partial charge in [0, 0.05) is 6.54 Å². The summed E-state index contributed by atoms with van der Waals surface area (Å²) in [7, 11) is -4.39. The van der Waals surface area contributed by atoms with Crippen LogP contribution in [0.25, 0.3) is 0 Å². The molecule has 0 spiro atoms. The number of carbonyl (C=O) groups excluding carboxylic acids is 1. The van der Waals surface area contributed by atoms with E-state index in [4.69, 9.17) is 14.8 Å². The predicted octanol–water partition coefficient (Wildman–Crippen LogP) is 9.58. The van der Waals surface area contributed by atoms with Crippen LogP contribution < -0.4 is 11.1 Å². The Morgan fingerprint density at radius 3 is 1.69 bits per heavy atom. The molecule has 1 amide bonds. The summed E-state index contributed by atoms with van der Waals surface area (Å²) in [6.45, 7) is 3.90. The van der Waals surface area contributed by atoms with E-state index < -0.39 is 38.6 Å². The third-order valence-corrected chi connectivity index (χ3v) is 9.81. The lowest BCUT2D eigenvalue weighted by Gasteiger charge is -2.24. The van der Waals surface area contributed by atoms with Crippen molar-refractivity contribution < 1.29 is 33.5 Å². The SMILES string of the molecule is CCCC/C=C\CCCCCC(O)CC(=O)NC(COP(=O)(O)OCCN)C(O)/C=C/CCCCCCCCCCCCCCCCCC. The van der Waals surface area contributed by atoms with Crippen LogP contribution >= 0.6 is 7.82 Å². The summed E-state index contributed by atoms with van der Waals surface area (Å²) in [5.74, 6) is -0.458. The monoisotopic (exact) mass is 717 g/mol. The quantitative estimate of drug-likeness (QED) is 0.0242. The Morgan fingerprint density at radius 2 is 1.16 bits per heavy atom. The zero-order valence-corrected chi connectivity index (χ0v) is 32.4. The van der Waals surface area contributed by atoms with Crippen molar-refractivity contribution in [3.8, 4) is 0 Å². The molecule has 0 radical (unpaired) electrons. The highest BCUT2D eigenvalue weighted by atomic mass is 31.2. The Bertz CT molecular complexity index is 842. The standard InChI is InChI=1S/C39H77N2O7P/c1-3-5-7-9-11-13-14-15-16-17-18-19-20-21-23-25-27-29-31-38(43)37(35-48-49(45,46)47-33-32-40)41-39(44)34-36(42)30-28-26-24-22-12-10-8-6-4-2/h10,12,29,31,36-38,42-43H,3-9,11,13-28,30,32-35,40H2,1-2H3,(H,41,44)(H,45,46)/b12-10-,31-29+. The molecule has 0 aliphatic heterocycles. The molecule has 0 bridgehead atoms. The Hall–Kier alpha value is -1.06. The highest BCUT2D eigenvalue weighted by Gasteiger charge is 2.27. The van der Waals surface area contributed by atoms with Gasteiger partial charge >= 0.3 is 7.82 Å².